The lowest BCUT2D eigenvalue weighted by Crippen LogP contribution is -2.37. The van der Waals surface area contributed by atoms with Gasteiger partial charge in [-0.2, -0.15) is 0 Å². The highest BCUT2D eigenvalue weighted by Crippen LogP contribution is 2.17. The molecule has 1 saturated carbocycles. The van der Waals surface area contributed by atoms with Gasteiger partial charge in [-0.25, -0.2) is 0 Å². The molecule has 0 unspecified atom stereocenters. The fraction of sp³-hybridized carbons (Fsp3) is 0.500. The van der Waals surface area contributed by atoms with Crippen LogP contribution in [0.4, 0.5) is 0 Å². The summed E-state index contributed by atoms with van der Waals surface area (Å²) in [6, 6.07) is 10.3. The molecule has 5 nitrogen and oxygen atoms in total. The van der Waals surface area contributed by atoms with Crippen LogP contribution in [0.3, 0.4) is 0 Å². The van der Waals surface area contributed by atoms with E-state index in [1.54, 1.807) is 0 Å². The third-order valence-electron chi connectivity index (χ3n) is 4.82. The molecule has 0 aliphatic heterocycles. The van der Waals surface area contributed by atoms with Gasteiger partial charge >= 0.3 is 5.97 Å². The third kappa shape index (κ3) is 5.08. The summed E-state index contributed by atoms with van der Waals surface area (Å²) in [4.78, 5) is 23.9. The number of aromatic nitrogens is 1. The van der Waals surface area contributed by atoms with Crippen LogP contribution in [-0.4, -0.2) is 29.1 Å². The first-order valence-corrected chi connectivity index (χ1v) is 9.21. The number of aryl methyl sites for hydroxylation is 1. The lowest BCUT2D eigenvalue weighted by atomic mass is 10.1. The SMILES string of the molecule is O=C(COC(=O)CCn1ccc2ccccc21)NC1CCCCCC1. The first-order chi connectivity index (χ1) is 12.2. The highest BCUT2D eigenvalue weighted by molar-refractivity contribution is 5.81. The van der Waals surface area contributed by atoms with Crippen molar-refractivity contribution in [1.82, 2.24) is 9.88 Å². The average molecular weight is 342 g/mol. The van der Waals surface area contributed by atoms with Gasteiger partial charge in [0.1, 0.15) is 0 Å². The van der Waals surface area contributed by atoms with Gasteiger partial charge in [0.2, 0.25) is 0 Å². The monoisotopic (exact) mass is 342 g/mol. The van der Waals surface area contributed by atoms with E-state index in [0.717, 1.165) is 36.6 Å². The van der Waals surface area contributed by atoms with Crippen LogP contribution in [-0.2, 0) is 20.9 Å². The summed E-state index contributed by atoms with van der Waals surface area (Å²) in [5, 5.41) is 4.14. The summed E-state index contributed by atoms with van der Waals surface area (Å²) in [7, 11) is 0. The van der Waals surface area contributed by atoms with Crippen LogP contribution in [0, 0.1) is 0 Å². The maximum atomic E-state index is 11.9. The van der Waals surface area contributed by atoms with E-state index in [0.29, 0.717) is 6.54 Å². The van der Waals surface area contributed by atoms with Gasteiger partial charge in [-0.3, -0.25) is 9.59 Å². The Hall–Kier alpha value is -2.30. The van der Waals surface area contributed by atoms with Crippen molar-refractivity contribution in [1.29, 1.82) is 0 Å². The molecule has 2 aromatic rings. The second-order valence-corrected chi connectivity index (χ2v) is 6.73. The predicted octanol–water partition coefficient (Wildman–Crippen LogP) is 3.41. The Labute approximate surface area is 148 Å². The maximum absolute atomic E-state index is 11.9. The molecule has 1 aliphatic rings. The van der Waals surface area contributed by atoms with Crippen molar-refractivity contribution in [2.45, 2.75) is 57.5 Å². The molecule has 3 rings (SSSR count). The number of benzene rings is 1. The number of amides is 1. The zero-order valence-corrected chi connectivity index (χ0v) is 14.6. The third-order valence-corrected chi connectivity index (χ3v) is 4.82. The van der Waals surface area contributed by atoms with E-state index in [1.165, 1.54) is 12.8 Å². The lowest BCUT2D eigenvalue weighted by molar-refractivity contribution is -0.148. The molecule has 134 valence electrons. The van der Waals surface area contributed by atoms with Gasteiger partial charge in [0, 0.05) is 24.3 Å². The molecular formula is C20H26N2O3. The summed E-state index contributed by atoms with van der Waals surface area (Å²) in [6.45, 7) is 0.373. The van der Waals surface area contributed by atoms with Crippen LogP contribution in [0.1, 0.15) is 44.9 Å². The number of esters is 1. The summed E-state index contributed by atoms with van der Waals surface area (Å²) in [6.07, 6.45) is 9.10. The molecule has 1 aromatic carbocycles. The van der Waals surface area contributed by atoms with E-state index >= 15 is 0 Å². The number of carbonyl (C=O) groups excluding carboxylic acids is 2. The van der Waals surface area contributed by atoms with Gasteiger partial charge in [-0.15, -0.1) is 0 Å². The van der Waals surface area contributed by atoms with Crippen molar-refractivity contribution in [3.63, 3.8) is 0 Å². The first kappa shape index (κ1) is 17.5. The molecule has 0 atom stereocenters. The molecule has 1 heterocycles. The molecule has 0 radical (unpaired) electrons. The van der Waals surface area contributed by atoms with Crippen molar-refractivity contribution in [2.75, 3.05) is 6.61 Å². The number of hydrogen-bond acceptors (Lipinski definition) is 3. The standard InChI is InChI=1S/C20H26N2O3/c23-19(21-17-8-3-1-2-4-9-17)15-25-20(24)12-14-22-13-11-16-7-5-6-10-18(16)22/h5-7,10-11,13,17H,1-4,8-9,12,14-15H2,(H,21,23). The van der Waals surface area contributed by atoms with Crippen molar-refractivity contribution >= 4 is 22.8 Å². The second-order valence-electron chi connectivity index (χ2n) is 6.73. The van der Waals surface area contributed by atoms with E-state index in [-0.39, 0.29) is 30.9 Å². The van der Waals surface area contributed by atoms with E-state index in [1.807, 2.05) is 41.1 Å². The zero-order chi connectivity index (χ0) is 17.5. The molecule has 1 fully saturated rings. The van der Waals surface area contributed by atoms with E-state index in [4.69, 9.17) is 4.74 Å². The lowest BCUT2D eigenvalue weighted by Gasteiger charge is -2.16. The first-order valence-electron chi connectivity index (χ1n) is 9.21. The van der Waals surface area contributed by atoms with Crippen molar-refractivity contribution < 1.29 is 14.3 Å². The summed E-state index contributed by atoms with van der Waals surface area (Å²) < 4.78 is 7.15. The molecular weight excluding hydrogens is 316 g/mol. The van der Waals surface area contributed by atoms with Gasteiger partial charge in [-0.05, 0) is 30.4 Å². The molecule has 0 saturated heterocycles. The fourth-order valence-corrected chi connectivity index (χ4v) is 3.46. The molecule has 5 heteroatoms. The number of rotatable bonds is 6. The number of nitrogens with one attached hydrogen (secondary N) is 1. The number of para-hydroxylation sites is 1. The molecule has 1 N–H and O–H groups in total. The largest absolute Gasteiger partial charge is 0.456 e. The van der Waals surface area contributed by atoms with E-state index < -0.39 is 0 Å². The number of carbonyl (C=O) groups is 2. The fourth-order valence-electron chi connectivity index (χ4n) is 3.46. The van der Waals surface area contributed by atoms with Crippen LogP contribution < -0.4 is 5.32 Å². The Morgan fingerprint density at radius 3 is 2.64 bits per heavy atom. The van der Waals surface area contributed by atoms with Crippen LogP contribution in [0.25, 0.3) is 10.9 Å². The number of fused-ring (bicyclic) bond motifs is 1. The Bertz CT molecular complexity index is 715. The number of ether oxygens (including phenoxy) is 1. The minimum absolute atomic E-state index is 0.179. The zero-order valence-electron chi connectivity index (χ0n) is 14.6. The molecule has 1 aliphatic carbocycles. The minimum atomic E-state index is -0.339. The van der Waals surface area contributed by atoms with Crippen molar-refractivity contribution in [3.05, 3.63) is 36.5 Å². The van der Waals surface area contributed by atoms with E-state index in [9.17, 15) is 9.59 Å². The smallest absolute Gasteiger partial charge is 0.308 e. The Morgan fingerprint density at radius 1 is 1.08 bits per heavy atom. The number of nitrogens with zero attached hydrogens (tertiary/aromatic N) is 1. The molecule has 0 bridgehead atoms. The Morgan fingerprint density at radius 2 is 1.84 bits per heavy atom. The van der Waals surface area contributed by atoms with E-state index in [2.05, 4.69) is 5.32 Å². The molecule has 0 spiro atoms. The number of hydrogen-bond donors (Lipinski definition) is 1. The van der Waals surface area contributed by atoms with Crippen LogP contribution in [0.15, 0.2) is 36.5 Å². The highest BCUT2D eigenvalue weighted by atomic mass is 16.5. The van der Waals surface area contributed by atoms with Gasteiger partial charge < -0.3 is 14.6 Å². The Kier molecular flexibility index (Phi) is 6.09. The second kappa shape index (κ2) is 8.70. The summed E-state index contributed by atoms with van der Waals surface area (Å²) in [5.41, 5.74) is 1.10. The Balaban J connectivity index is 1.39. The molecule has 1 aromatic heterocycles. The average Bonchev–Trinajstić information content (AvgIpc) is 2.86. The molecule has 25 heavy (non-hydrogen) atoms. The van der Waals surface area contributed by atoms with Crippen LogP contribution in [0.2, 0.25) is 0 Å². The van der Waals surface area contributed by atoms with Crippen LogP contribution in [0.5, 0.6) is 0 Å². The summed E-state index contributed by atoms with van der Waals surface area (Å²) >= 11 is 0. The highest BCUT2D eigenvalue weighted by Gasteiger charge is 2.15. The normalized spacial score (nSPS) is 15.7. The minimum Gasteiger partial charge on any atom is -0.456 e. The quantitative estimate of drug-likeness (QED) is 0.646. The topological polar surface area (TPSA) is 60.3 Å². The van der Waals surface area contributed by atoms with Crippen molar-refractivity contribution in [3.8, 4) is 0 Å². The predicted molar refractivity (Wildman–Crippen MR) is 97.1 cm³/mol. The molecule has 1 amide bonds. The van der Waals surface area contributed by atoms with Crippen LogP contribution >= 0.6 is 0 Å². The maximum Gasteiger partial charge on any atom is 0.308 e. The van der Waals surface area contributed by atoms with Gasteiger partial charge in [0.15, 0.2) is 6.61 Å². The van der Waals surface area contributed by atoms with Gasteiger partial charge in [0.05, 0.1) is 6.42 Å². The van der Waals surface area contributed by atoms with Gasteiger partial charge in [-0.1, -0.05) is 43.9 Å². The van der Waals surface area contributed by atoms with Crippen molar-refractivity contribution in [2.24, 2.45) is 0 Å². The summed E-state index contributed by atoms with van der Waals surface area (Å²) in [5.74, 6) is -0.527. The van der Waals surface area contributed by atoms with Gasteiger partial charge in [0.25, 0.3) is 5.91 Å².